The number of benzene rings is 3. The first-order valence-corrected chi connectivity index (χ1v) is 12.5. The van der Waals surface area contributed by atoms with Crippen LogP contribution in [0.2, 0.25) is 0 Å². The molecule has 0 radical (unpaired) electrons. The summed E-state index contributed by atoms with van der Waals surface area (Å²) in [6, 6.07) is 23.8. The second kappa shape index (κ2) is 8.47. The van der Waals surface area contributed by atoms with Crippen molar-refractivity contribution < 1.29 is 5.11 Å². The van der Waals surface area contributed by atoms with Crippen LogP contribution in [-0.2, 0) is 6.54 Å². The Bertz CT molecular complexity index is 1860. The molecule has 0 aliphatic carbocycles. The maximum atomic E-state index is 13.5. The average molecular weight is 493 g/mol. The fraction of sp³-hybridized carbons (Fsp3) is 0.0370. The van der Waals surface area contributed by atoms with E-state index in [0.29, 0.717) is 15.2 Å². The fourth-order valence-electron chi connectivity index (χ4n) is 4.10. The lowest BCUT2D eigenvalue weighted by atomic mass is 10.0. The van der Waals surface area contributed by atoms with Crippen molar-refractivity contribution in [1.82, 2.24) is 14.5 Å². The number of aliphatic hydroxyl groups is 1. The first-order valence-electron chi connectivity index (χ1n) is 10.8. The Labute approximate surface area is 207 Å². The molecular weight excluding hydrogens is 476 g/mol. The molecule has 0 unspecified atom stereocenters. The monoisotopic (exact) mass is 492 g/mol. The Morgan fingerprint density at radius 2 is 1.86 bits per heavy atom. The van der Waals surface area contributed by atoms with E-state index in [9.17, 15) is 15.2 Å². The second-order valence-corrected chi connectivity index (χ2v) is 9.88. The van der Waals surface area contributed by atoms with Gasteiger partial charge in [-0.1, -0.05) is 48.5 Å². The van der Waals surface area contributed by atoms with Crippen molar-refractivity contribution in [2.45, 2.75) is 6.54 Å². The largest absolute Gasteiger partial charge is 0.509 e. The summed E-state index contributed by atoms with van der Waals surface area (Å²) in [6.07, 6.45) is 1.41. The number of nitrogens with zero attached hydrogens (tertiary/aromatic N) is 4. The summed E-state index contributed by atoms with van der Waals surface area (Å²) >= 11 is 2.73. The van der Waals surface area contributed by atoms with Gasteiger partial charge in [-0.15, -0.1) is 22.7 Å². The number of rotatable bonds is 4. The summed E-state index contributed by atoms with van der Waals surface area (Å²) < 4.78 is 2.25. The zero-order valence-electron chi connectivity index (χ0n) is 18.2. The number of hydrogen-bond acceptors (Lipinski definition) is 7. The van der Waals surface area contributed by atoms with Crippen LogP contribution >= 0.6 is 22.7 Å². The van der Waals surface area contributed by atoms with Crippen LogP contribution in [0, 0.1) is 11.3 Å². The average Bonchev–Trinajstić information content (AvgIpc) is 3.51. The van der Waals surface area contributed by atoms with Gasteiger partial charge in [0, 0.05) is 10.9 Å². The molecule has 168 valence electrons. The minimum atomic E-state index is -0.271. The van der Waals surface area contributed by atoms with Crippen molar-refractivity contribution >= 4 is 59.5 Å². The van der Waals surface area contributed by atoms with Crippen LogP contribution in [0.25, 0.3) is 47.9 Å². The summed E-state index contributed by atoms with van der Waals surface area (Å²) in [4.78, 5) is 23.0. The van der Waals surface area contributed by atoms with E-state index in [2.05, 4.69) is 16.0 Å². The molecule has 0 aliphatic heterocycles. The molecular formula is C27H16N4O2S2. The highest BCUT2D eigenvalue weighted by molar-refractivity contribution is 7.19. The molecule has 6 rings (SSSR count). The van der Waals surface area contributed by atoms with Gasteiger partial charge in [0.1, 0.15) is 27.2 Å². The van der Waals surface area contributed by atoms with Crippen LogP contribution in [0.3, 0.4) is 0 Å². The zero-order chi connectivity index (χ0) is 23.9. The third-order valence-electron chi connectivity index (χ3n) is 5.85. The van der Waals surface area contributed by atoms with E-state index in [4.69, 9.17) is 0 Å². The smallest absolute Gasteiger partial charge is 0.263 e. The number of fused-ring (bicyclic) bond motifs is 3. The van der Waals surface area contributed by atoms with Gasteiger partial charge in [0.2, 0.25) is 0 Å². The summed E-state index contributed by atoms with van der Waals surface area (Å²) in [7, 11) is 0. The van der Waals surface area contributed by atoms with Crippen LogP contribution in [0.5, 0.6) is 0 Å². The first-order chi connectivity index (χ1) is 17.1. The molecule has 0 saturated carbocycles. The molecule has 0 atom stereocenters. The van der Waals surface area contributed by atoms with Crippen LogP contribution in [0.15, 0.2) is 89.0 Å². The number of thiazole rings is 1. The van der Waals surface area contributed by atoms with E-state index in [1.165, 1.54) is 33.6 Å². The number of aliphatic hydroxyl groups excluding tert-OH is 1. The Kier molecular flexibility index (Phi) is 5.14. The number of thiophene rings is 1. The highest BCUT2D eigenvalue weighted by Crippen LogP contribution is 2.33. The van der Waals surface area contributed by atoms with Crippen molar-refractivity contribution in [3.8, 4) is 17.2 Å². The summed E-state index contributed by atoms with van der Waals surface area (Å²) in [6.45, 7) is -0.173. The lowest BCUT2D eigenvalue weighted by molar-refractivity contribution is 0.376. The van der Waals surface area contributed by atoms with Crippen LogP contribution < -0.4 is 5.56 Å². The maximum Gasteiger partial charge on any atom is 0.263 e. The van der Waals surface area contributed by atoms with E-state index in [-0.39, 0.29) is 23.4 Å². The molecule has 3 aromatic heterocycles. The second-order valence-electron chi connectivity index (χ2n) is 7.99. The molecule has 8 heteroatoms. The number of para-hydroxylation sites is 1. The predicted molar refractivity (Wildman–Crippen MR) is 142 cm³/mol. The van der Waals surface area contributed by atoms with Crippen LogP contribution in [0.1, 0.15) is 5.01 Å². The predicted octanol–water partition coefficient (Wildman–Crippen LogP) is 6.38. The van der Waals surface area contributed by atoms with Gasteiger partial charge in [-0.3, -0.25) is 9.36 Å². The fourth-order valence-corrected chi connectivity index (χ4v) is 5.99. The number of nitriles is 1. The van der Waals surface area contributed by atoms with Gasteiger partial charge in [0.05, 0.1) is 28.5 Å². The third-order valence-corrected chi connectivity index (χ3v) is 7.79. The Hall–Kier alpha value is -4.32. The first kappa shape index (κ1) is 21.2. The zero-order valence-corrected chi connectivity index (χ0v) is 19.8. The van der Waals surface area contributed by atoms with E-state index in [1.54, 1.807) is 0 Å². The molecule has 6 nitrogen and oxygen atoms in total. The molecule has 35 heavy (non-hydrogen) atoms. The van der Waals surface area contributed by atoms with E-state index in [0.717, 1.165) is 32.1 Å². The molecule has 0 fully saturated rings. The van der Waals surface area contributed by atoms with E-state index in [1.807, 2.05) is 72.1 Å². The van der Waals surface area contributed by atoms with Gasteiger partial charge in [-0.2, -0.15) is 5.26 Å². The van der Waals surface area contributed by atoms with Gasteiger partial charge < -0.3 is 5.11 Å². The summed E-state index contributed by atoms with van der Waals surface area (Å²) in [5.41, 5.74) is 2.27. The highest BCUT2D eigenvalue weighted by atomic mass is 32.1. The topological polar surface area (TPSA) is 91.8 Å². The molecule has 0 amide bonds. The van der Waals surface area contributed by atoms with Gasteiger partial charge in [-0.25, -0.2) is 9.97 Å². The minimum Gasteiger partial charge on any atom is -0.509 e. The van der Waals surface area contributed by atoms with Gasteiger partial charge in [-0.05, 0) is 34.5 Å². The van der Waals surface area contributed by atoms with Crippen LogP contribution in [0.4, 0.5) is 0 Å². The lowest BCUT2D eigenvalue weighted by Crippen LogP contribution is -2.21. The maximum absolute atomic E-state index is 13.5. The molecule has 0 aliphatic rings. The molecule has 3 aromatic carbocycles. The number of allylic oxidation sites excluding steroid dienone is 2. The quantitative estimate of drug-likeness (QED) is 0.228. The number of hydrogen-bond donors (Lipinski definition) is 1. The Balaban J connectivity index is 1.43. The standard InChI is InChI=1S/C27H16N4O2S2/c28-12-19(25-30-21-7-3-4-8-23(21)35-25)22(32)13-31-15-29-26-24(27(31)33)20(14-34-26)18-10-9-16-5-1-2-6-17(16)11-18/h1-11,14-15,32H,13H2/b22-19-. The summed E-state index contributed by atoms with van der Waals surface area (Å²) in [5, 5.41) is 25.6. The van der Waals surface area contributed by atoms with Crippen molar-refractivity contribution in [3.05, 3.63) is 99.6 Å². The molecule has 0 saturated heterocycles. The number of aromatic nitrogens is 3. The minimum absolute atomic E-state index is 0.0540. The molecule has 3 heterocycles. The third kappa shape index (κ3) is 3.67. The molecule has 0 spiro atoms. The SMILES string of the molecule is N#C/C(=C(/O)Cn1cnc2scc(-c3ccc4ccccc4c3)c2c1=O)c1nc2ccccc2s1. The molecule has 1 N–H and O–H groups in total. The van der Waals surface area contributed by atoms with Crippen molar-refractivity contribution in [3.63, 3.8) is 0 Å². The molecule has 6 aromatic rings. The Morgan fingerprint density at radius 1 is 1.06 bits per heavy atom. The highest BCUT2D eigenvalue weighted by Gasteiger charge is 2.17. The van der Waals surface area contributed by atoms with Crippen molar-refractivity contribution in [1.29, 1.82) is 5.26 Å². The van der Waals surface area contributed by atoms with E-state index >= 15 is 0 Å². The van der Waals surface area contributed by atoms with Crippen LogP contribution in [-0.4, -0.2) is 19.6 Å². The molecule has 0 bridgehead atoms. The van der Waals surface area contributed by atoms with E-state index < -0.39 is 0 Å². The van der Waals surface area contributed by atoms with Gasteiger partial charge >= 0.3 is 0 Å². The van der Waals surface area contributed by atoms with Gasteiger partial charge in [0.15, 0.2) is 0 Å². The summed E-state index contributed by atoms with van der Waals surface area (Å²) in [5.74, 6) is -0.225. The normalized spacial score (nSPS) is 12.2. The Morgan fingerprint density at radius 3 is 2.69 bits per heavy atom. The van der Waals surface area contributed by atoms with Gasteiger partial charge in [0.25, 0.3) is 5.56 Å². The lowest BCUT2D eigenvalue weighted by Gasteiger charge is -2.07. The van der Waals surface area contributed by atoms with Crippen molar-refractivity contribution in [2.75, 3.05) is 0 Å². The van der Waals surface area contributed by atoms with Crippen molar-refractivity contribution in [2.24, 2.45) is 0 Å².